The summed E-state index contributed by atoms with van der Waals surface area (Å²) >= 11 is 0. The maximum atomic E-state index is 13.1. The summed E-state index contributed by atoms with van der Waals surface area (Å²) in [6.45, 7) is 9.62. The van der Waals surface area contributed by atoms with Gasteiger partial charge in [-0.25, -0.2) is 8.42 Å². The second kappa shape index (κ2) is 17.4. The van der Waals surface area contributed by atoms with E-state index in [1.165, 1.54) is 14.7 Å². The number of fused-ring (bicyclic) bond motifs is 3. The van der Waals surface area contributed by atoms with E-state index in [-0.39, 0.29) is 28.7 Å². The van der Waals surface area contributed by atoms with Crippen LogP contribution in [0.5, 0.6) is 11.5 Å². The topological polar surface area (TPSA) is 172 Å². The van der Waals surface area contributed by atoms with E-state index in [1.807, 2.05) is 38.1 Å². The Morgan fingerprint density at radius 3 is 2.02 bits per heavy atom. The molecule has 0 N–H and O–H groups in total. The molecule has 3 aromatic carbocycles. The minimum atomic E-state index is -5.36. The lowest BCUT2D eigenvalue weighted by atomic mass is 9.78. The van der Waals surface area contributed by atoms with E-state index in [0.717, 1.165) is 24.3 Å². The second-order valence-electron chi connectivity index (χ2n) is 16.2. The molecule has 17 heteroatoms. The van der Waals surface area contributed by atoms with Crippen LogP contribution in [-0.4, -0.2) is 73.7 Å². The Bertz CT molecular complexity index is 2150. The van der Waals surface area contributed by atoms with Gasteiger partial charge in [-0.05, 0) is 82.9 Å². The lowest BCUT2D eigenvalue weighted by Gasteiger charge is -2.33. The van der Waals surface area contributed by atoms with E-state index in [9.17, 15) is 45.3 Å². The molecule has 0 spiro atoms. The maximum Gasteiger partial charge on any atom is 0.426 e. The second-order valence-corrected chi connectivity index (χ2v) is 19.6. The van der Waals surface area contributed by atoms with Gasteiger partial charge in [0.15, 0.2) is 16.4 Å². The predicted molar refractivity (Wildman–Crippen MR) is 208 cm³/mol. The SMILES string of the molecule is CCC(C)(C)C(=O)OC1C2CC3C1OC(=O)C3C2C(=O)OC(CS(=O)(=O)[O-])C(F)(F)F.CCC1(C)CCOC1=O.c1ccc([S+]2c3ccccc3Oc3ccccc32)cc1. The molecule has 3 heterocycles. The molecule has 3 aliphatic heterocycles. The van der Waals surface area contributed by atoms with Crippen molar-refractivity contribution in [2.24, 2.45) is 34.5 Å². The summed E-state index contributed by atoms with van der Waals surface area (Å²) in [6, 6.07) is 27.3. The Morgan fingerprint density at radius 1 is 0.933 bits per heavy atom. The van der Waals surface area contributed by atoms with Crippen molar-refractivity contribution in [3.05, 3.63) is 78.9 Å². The van der Waals surface area contributed by atoms with E-state index in [1.54, 1.807) is 20.8 Å². The van der Waals surface area contributed by atoms with Crippen molar-refractivity contribution < 1.29 is 69.0 Å². The van der Waals surface area contributed by atoms with Gasteiger partial charge in [0.25, 0.3) is 0 Å². The number of benzene rings is 3. The summed E-state index contributed by atoms with van der Waals surface area (Å²) in [5, 5.41) is 0. The van der Waals surface area contributed by atoms with E-state index in [2.05, 4.69) is 59.3 Å². The highest BCUT2D eigenvalue weighted by Crippen LogP contribution is 2.59. The quantitative estimate of drug-likeness (QED) is 0.0708. The number of hydrogen-bond donors (Lipinski definition) is 0. The van der Waals surface area contributed by atoms with Crippen molar-refractivity contribution in [1.82, 2.24) is 0 Å². The van der Waals surface area contributed by atoms with Gasteiger partial charge in [-0.3, -0.25) is 19.2 Å². The van der Waals surface area contributed by atoms with Crippen molar-refractivity contribution in [3.63, 3.8) is 0 Å². The fourth-order valence-corrected chi connectivity index (χ4v) is 10.8. The van der Waals surface area contributed by atoms with Crippen molar-refractivity contribution in [2.75, 3.05) is 12.4 Å². The average molecular weight is 877 g/mol. The van der Waals surface area contributed by atoms with Gasteiger partial charge in [-0.1, -0.05) is 56.3 Å². The third-order valence-corrected chi connectivity index (χ3v) is 15.0. The molecular formula is C43H47F3O12S2. The first-order valence-electron chi connectivity index (χ1n) is 19.6. The number of ether oxygens (including phenoxy) is 5. The molecule has 0 radical (unpaired) electrons. The van der Waals surface area contributed by atoms with Crippen LogP contribution in [0.2, 0.25) is 0 Å². The highest BCUT2D eigenvalue weighted by atomic mass is 32.2. The van der Waals surface area contributed by atoms with Crippen LogP contribution >= 0.6 is 0 Å². The number of rotatable bonds is 9. The van der Waals surface area contributed by atoms with Gasteiger partial charge in [0.05, 0.1) is 45.1 Å². The Kier molecular flexibility index (Phi) is 13.0. The molecule has 60 heavy (non-hydrogen) atoms. The Labute approximate surface area is 349 Å². The predicted octanol–water partition coefficient (Wildman–Crippen LogP) is 7.40. The van der Waals surface area contributed by atoms with Crippen LogP contribution in [0.3, 0.4) is 0 Å². The van der Waals surface area contributed by atoms with Crippen LogP contribution in [0.15, 0.2) is 93.5 Å². The summed E-state index contributed by atoms with van der Waals surface area (Å²) in [4.78, 5) is 52.1. The maximum absolute atomic E-state index is 13.1. The van der Waals surface area contributed by atoms with E-state index in [4.69, 9.17) is 18.9 Å². The van der Waals surface area contributed by atoms with Gasteiger partial charge in [0.2, 0.25) is 15.9 Å². The highest BCUT2D eigenvalue weighted by Gasteiger charge is 2.70. The fourth-order valence-electron chi connectivity index (χ4n) is 7.92. The van der Waals surface area contributed by atoms with E-state index in [0.29, 0.717) is 13.0 Å². The van der Waals surface area contributed by atoms with Crippen LogP contribution in [0, 0.1) is 34.5 Å². The van der Waals surface area contributed by atoms with E-state index < -0.39 is 87.4 Å². The summed E-state index contributed by atoms with van der Waals surface area (Å²) in [7, 11) is -5.44. The number of hydrogen-bond acceptors (Lipinski definition) is 12. The molecule has 0 amide bonds. The first-order valence-corrected chi connectivity index (χ1v) is 22.4. The average Bonchev–Trinajstić information content (AvgIpc) is 3.93. The Hall–Kier alpha value is -4.61. The zero-order valence-corrected chi connectivity index (χ0v) is 35.3. The summed E-state index contributed by atoms with van der Waals surface area (Å²) in [5.41, 5.74) is -1.04. The van der Waals surface area contributed by atoms with Crippen LogP contribution in [0.4, 0.5) is 13.2 Å². The Balaban J connectivity index is 0.000000175. The number of halogens is 3. The zero-order chi connectivity index (χ0) is 43.8. The molecule has 0 aromatic heterocycles. The Morgan fingerprint density at radius 2 is 1.52 bits per heavy atom. The van der Waals surface area contributed by atoms with Crippen LogP contribution in [0.1, 0.15) is 60.3 Å². The third kappa shape index (κ3) is 9.32. The first-order chi connectivity index (χ1) is 28.2. The van der Waals surface area contributed by atoms with E-state index >= 15 is 0 Å². The largest absolute Gasteiger partial charge is 0.748 e. The van der Waals surface area contributed by atoms with Crippen LogP contribution in [-0.2, 0) is 59.1 Å². The van der Waals surface area contributed by atoms with Crippen LogP contribution in [0.25, 0.3) is 0 Å². The number of carbonyl (C=O) groups excluding carboxylic acids is 4. The minimum absolute atomic E-state index is 0.0231. The molecule has 12 nitrogen and oxygen atoms in total. The smallest absolute Gasteiger partial charge is 0.426 e. The molecule has 8 atom stereocenters. The normalized spacial score (nSPS) is 26.8. The van der Waals surface area contributed by atoms with Gasteiger partial charge in [-0.15, -0.1) is 0 Å². The summed E-state index contributed by atoms with van der Waals surface area (Å²) < 4.78 is 97.8. The minimum Gasteiger partial charge on any atom is -0.748 e. The number of cyclic esters (lactones) is 1. The molecular weight excluding hydrogens is 830 g/mol. The van der Waals surface area contributed by atoms with Gasteiger partial charge in [-0.2, -0.15) is 13.2 Å². The molecule has 8 rings (SSSR count). The standard InChI is InChI=1S/C18H23F3O9S.C18H13OS.C7H12O2/c1-4-17(2,3)16(24)30-13-8-5-7-11(15(23)29-12(7)13)10(8)14(22)28-9(18(19,20)21)6-31(25,26)27;1-2-8-14(9-3-1)20-17-12-6-4-10-15(17)19-16-11-5-7-13-18(16)20;1-3-7(2)4-5-9-6(7)8/h7-13H,4-6H2,1-3H3,(H,25,26,27);1-13H;3-5H2,1-2H3/q;+1;/p-1. The molecule has 324 valence electrons. The number of alkyl halides is 3. The molecule has 2 saturated heterocycles. The first kappa shape index (κ1) is 44.9. The van der Waals surface area contributed by atoms with Crippen molar-refractivity contribution >= 4 is 44.9 Å². The van der Waals surface area contributed by atoms with Crippen molar-refractivity contribution in [3.8, 4) is 11.5 Å². The third-order valence-electron chi connectivity index (χ3n) is 12.0. The van der Waals surface area contributed by atoms with Crippen molar-refractivity contribution in [1.29, 1.82) is 0 Å². The lowest BCUT2D eigenvalue weighted by molar-refractivity contribution is -0.220. The van der Waals surface area contributed by atoms with Crippen LogP contribution < -0.4 is 4.74 Å². The molecule has 8 unspecified atom stereocenters. The number of carbonyl (C=O) groups is 4. The van der Waals surface area contributed by atoms with Gasteiger partial charge >= 0.3 is 30.1 Å². The highest BCUT2D eigenvalue weighted by molar-refractivity contribution is 7.97. The van der Waals surface area contributed by atoms with Gasteiger partial charge in [0, 0.05) is 11.8 Å². The number of para-hydroxylation sites is 2. The summed E-state index contributed by atoms with van der Waals surface area (Å²) in [6.07, 6.45) is -7.90. The summed E-state index contributed by atoms with van der Waals surface area (Å²) in [5.74, 6) is -6.80. The molecule has 3 aromatic rings. The molecule has 2 bridgehead atoms. The zero-order valence-electron chi connectivity index (χ0n) is 33.6. The lowest BCUT2D eigenvalue weighted by Crippen LogP contribution is -2.47. The fraction of sp³-hybridized carbons (Fsp3) is 0.488. The number of esters is 4. The molecule has 2 aliphatic carbocycles. The molecule has 2 saturated carbocycles. The van der Waals surface area contributed by atoms with Crippen molar-refractivity contribution in [2.45, 2.75) is 99.5 Å². The molecule has 4 fully saturated rings. The molecule has 5 aliphatic rings. The monoisotopic (exact) mass is 876 g/mol. The van der Waals surface area contributed by atoms with Gasteiger partial charge < -0.3 is 28.2 Å². The van der Waals surface area contributed by atoms with Gasteiger partial charge in [0.1, 0.15) is 23.1 Å².